The van der Waals surface area contributed by atoms with E-state index in [1.54, 1.807) is 0 Å². The SMILES string of the molecule is CCCCCC(O)C(O)C(F)(F)F. The summed E-state index contributed by atoms with van der Waals surface area (Å²) < 4.78 is 35.4. The van der Waals surface area contributed by atoms with Gasteiger partial charge in [-0.3, -0.25) is 0 Å². The number of aliphatic hydroxyl groups is 2. The van der Waals surface area contributed by atoms with Gasteiger partial charge in [0.1, 0.15) is 0 Å². The van der Waals surface area contributed by atoms with Crippen LogP contribution in [0.15, 0.2) is 0 Å². The van der Waals surface area contributed by atoms with Gasteiger partial charge in [0.2, 0.25) is 0 Å². The Bertz CT molecular complexity index is 136. The largest absolute Gasteiger partial charge is 0.416 e. The highest BCUT2D eigenvalue weighted by Crippen LogP contribution is 2.24. The summed E-state index contributed by atoms with van der Waals surface area (Å²) in [6, 6.07) is 0. The molecule has 5 heteroatoms. The van der Waals surface area contributed by atoms with Gasteiger partial charge in [-0.1, -0.05) is 26.2 Å². The summed E-state index contributed by atoms with van der Waals surface area (Å²) in [6.45, 7) is 1.91. The lowest BCUT2D eigenvalue weighted by molar-refractivity contribution is -0.230. The third-order valence-electron chi connectivity index (χ3n) is 1.80. The summed E-state index contributed by atoms with van der Waals surface area (Å²) in [6.07, 6.45) is -6.88. The molecule has 0 saturated carbocycles. The first-order chi connectivity index (χ1) is 5.89. The average Bonchev–Trinajstić information content (AvgIpc) is 2.01. The normalized spacial score (nSPS) is 17.1. The summed E-state index contributed by atoms with van der Waals surface area (Å²) >= 11 is 0. The maximum atomic E-state index is 11.8. The number of halogens is 3. The molecule has 0 aliphatic heterocycles. The minimum absolute atomic E-state index is 0.00544. The Morgan fingerprint density at radius 1 is 1.15 bits per heavy atom. The van der Waals surface area contributed by atoms with Crippen molar-refractivity contribution in [2.45, 2.75) is 51.0 Å². The second kappa shape index (κ2) is 5.44. The summed E-state index contributed by atoms with van der Waals surface area (Å²) in [5.41, 5.74) is 0. The standard InChI is InChI=1S/C8H15F3O2/c1-2-3-4-5-6(12)7(13)8(9,10)11/h6-7,12-13H,2-5H2,1H3. The zero-order chi connectivity index (χ0) is 10.5. The maximum absolute atomic E-state index is 11.8. The van der Waals surface area contributed by atoms with Crippen molar-refractivity contribution in [2.24, 2.45) is 0 Å². The quantitative estimate of drug-likeness (QED) is 0.665. The predicted octanol–water partition coefficient (Wildman–Crippen LogP) is 1.85. The second-order valence-corrected chi connectivity index (χ2v) is 3.05. The van der Waals surface area contributed by atoms with Crippen LogP contribution in [0.5, 0.6) is 0 Å². The Labute approximate surface area is 75.4 Å². The van der Waals surface area contributed by atoms with Crippen LogP contribution in [0, 0.1) is 0 Å². The van der Waals surface area contributed by atoms with Gasteiger partial charge in [0.25, 0.3) is 0 Å². The average molecular weight is 200 g/mol. The highest BCUT2D eigenvalue weighted by atomic mass is 19.4. The Morgan fingerprint density at radius 2 is 1.69 bits per heavy atom. The third kappa shape index (κ3) is 5.10. The fourth-order valence-electron chi connectivity index (χ4n) is 0.979. The van der Waals surface area contributed by atoms with Crippen LogP contribution in [0.25, 0.3) is 0 Å². The molecule has 0 spiro atoms. The molecule has 0 aromatic carbocycles. The molecule has 0 saturated heterocycles. The molecule has 0 fully saturated rings. The van der Waals surface area contributed by atoms with Crippen LogP contribution in [-0.2, 0) is 0 Å². The minimum atomic E-state index is -4.72. The molecule has 0 aliphatic rings. The van der Waals surface area contributed by atoms with E-state index in [0.717, 1.165) is 12.8 Å². The Kier molecular flexibility index (Phi) is 5.32. The molecule has 0 aromatic rings. The highest BCUT2D eigenvalue weighted by Gasteiger charge is 2.42. The molecule has 2 atom stereocenters. The van der Waals surface area contributed by atoms with Gasteiger partial charge in [0.15, 0.2) is 6.10 Å². The number of hydrogen-bond acceptors (Lipinski definition) is 2. The lowest BCUT2D eigenvalue weighted by atomic mass is 10.1. The van der Waals surface area contributed by atoms with E-state index in [1.165, 1.54) is 0 Å². The van der Waals surface area contributed by atoms with E-state index in [2.05, 4.69) is 0 Å². The first kappa shape index (κ1) is 12.7. The van der Waals surface area contributed by atoms with Gasteiger partial charge in [-0.15, -0.1) is 0 Å². The lowest BCUT2D eigenvalue weighted by Crippen LogP contribution is -2.39. The van der Waals surface area contributed by atoms with E-state index in [1.807, 2.05) is 6.92 Å². The van der Waals surface area contributed by atoms with Gasteiger partial charge < -0.3 is 10.2 Å². The van der Waals surface area contributed by atoms with Crippen molar-refractivity contribution in [1.82, 2.24) is 0 Å². The number of aliphatic hydroxyl groups excluding tert-OH is 2. The van der Waals surface area contributed by atoms with Gasteiger partial charge in [0, 0.05) is 0 Å². The molecule has 0 aromatic heterocycles. The first-order valence-electron chi connectivity index (χ1n) is 4.32. The van der Waals surface area contributed by atoms with E-state index in [9.17, 15) is 13.2 Å². The van der Waals surface area contributed by atoms with Crippen molar-refractivity contribution >= 4 is 0 Å². The zero-order valence-electron chi connectivity index (χ0n) is 7.51. The first-order valence-corrected chi connectivity index (χ1v) is 4.32. The summed E-state index contributed by atoms with van der Waals surface area (Å²) in [5, 5.41) is 17.5. The molecule has 2 nitrogen and oxygen atoms in total. The third-order valence-corrected chi connectivity index (χ3v) is 1.80. The van der Waals surface area contributed by atoms with Crippen molar-refractivity contribution in [1.29, 1.82) is 0 Å². The van der Waals surface area contributed by atoms with Gasteiger partial charge >= 0.3 is 6.18 Å². The highest BCUT2D eigenvalue weighted by molar-refractivity contribution is 4.74. The van der Waals surface area contributed by atoms with E-state index < -0.39 is 18.4 Å². The summed E-state index contributed by atoms with van der Waals surface area (Å²) in [5.74, 6) is 0. The number of unbranched alkanes of at least 4 members (excludes halogenated alkanes) is 2. The molecule has 0 bridgehead atoms. The molecular weight excluding hydrogens is 185 g/mol. The monoisotopic (exact) mass is 200 g/mol. The fraction of sp³-hybridized carbons (Fsp3) is 1.00. The van der Waals surface area contributed by atoms with Gasteiger partial charge in [-0.2, -0.15) is 13.2 Å². The van der Waals surface area contributed by atoms with E-state index >= 15 is 0 Å². The molecule has 2 N–H and O–H groups in total. The van der Waals surface area contributed by atoms with Crippen molar-refractivity contribution in [2.75, 3.05) is 0 Å². The van der Waals surface area contributed by atoms with Crippen LogP contribution in [-0.4, -0.2) is 28.6 Å². The predicted molar refractivity (Wildman–Crippen MR) is 42.2 cm³/mol. The van der Waals surface area contributed by atoms with Crippen LogP contribution < -0.4 is 0 Å². The van der Waals surface area contributed by atoms with Gasteiger partial charge in [-0.05, 0) is 6.42 Å². The van der Waals surface area contributed by atoms with Gasteiger partial charge in [0.05, 0.1) is 6.10 Å². The smallest absolute Gasteiger partial charge is 0.390 e. The molecule has 0 radical (unpaired) electrons. The summed E-state index contributed by atoms with van der Waals surface area (Å²) in [7, 11) is 0. The van der Waals surface area contributed by atoms with E-state index in [-0.39, 0.29) is 6.42 Å². The van der Waals surface area contributed by atoms with Crippen molar-refractivity contribution in [3.8, 4) is 0 Å². The molecule has 80 valence electrons. The fourth-order valence-corrected chi connectivity index (χ4v) is 0.979. The minimum Gasteiger partial charge on any atom is -0.390 e. The molecule has 0 heterocycles. The second-order valence-electron chi connectivity index (χ2n) is 3.05. The molecular formula is C8H15F3O2. The van der Waals surface area contributed by atoms with Crippen LogP contribution >= 0.6 is 0 Å². The van der Waals surface area contributed by atoms with Crippen LogP contribution in [0.4, 0.5) is 13.2 Å². The van der Waals surface area contributed by atoms with Crippen molar-refractivity contribution < 1.29 is 23.4 Å². The Morgan fingerprint density at radius 3 is 2.08 bits per heavy atom. The van der Waals surface area contributed by atoms with E-state index in [0.29, 0.717) is 6.42 Å². The number of rotatable bonds is 5. The lowest BCUT2D eigenvalue weighted by Gasteiger charge is -2.19. The topological polar surface area (TPSA) is 40.5 Å². The summed E-state index contributed by atoms with van der Waals surface area (Å²) in [4.78, 5) is 0. The van der Waals surface area contributed by atoms with Crippen LogP contribution in [0.2, 0.25) is 0 Å². The Hall–Kier alpha value is -0.290. The van der Waals surface area contributed by atoms with Crippen molar-refractivity contribution in [3.63, 3.8) is 0 Å². The molecule has 0 rings (SSSR count). The maximum Gasteiger partial charge on any atom is 0.416 e. The number of hydrogen-bond donors (Lipinski definition) is 2. The molecule has 0 amide bonds. The molecule has 13 heavy (non-hydrogen) atoms. The van der Waals surface area contributed by atoms with Crippen LogP contribution in [0.3, 0.4) is 0 Å². The van der Waals surface area contributed by atoms with E-state index in [4.69, 9.17) is 10.2 Å². The Balaban J connectivity index is 3.76. The van der Waals surface area contributed by atoms with Gasteiger partial charge in [-0.25, -0.2) is 0 Å². The molecule has 2 unspecified atom stereocenters. The van der Waals surface area contributed by atoms with Crippen LogP contribution in [0.1, 0.15) is 32.6 Å². The zero-order valence-corrected chi connectivity index (χ0v) is 7.51. The number of alkyl halides is 3. The molecule has 0 aliphatic carbocycles. The van der Waals surface area contributed by atoms with Crippen molar-refractivity contribution in [3.05, 3.63) is 0 Å².